The van der Waals surface area contributed by atoms with Crippen molar-refractivity contribution in [1.82, 2.24) is 14.5 Å². The Hall–Kier alpha value is -6.32. The maximum absolute atomic E-state index is 5.65. The fourth-order valence-electron chi connectivity index (χ4n) is 10.4. The SMILES string of the molecule is c1ccc(-c2nc(-n3c4ccc5ccccc5c4c4c5ccccc5c5c(c43)C3(CCCCC3)c3ccccc3-5)nc3c2ccc2ccccc23)cc1. The van der Waals surface area contributed by atoms with Gasteiger partial charge in [-0.2, -0.15) is 0 Å². The Morgan fingerprint density at radius 1 is 0.491 bits per heavy atom. The minimum atomic E-state index is -0.0831. The van der Waals surface area contributed by atoms with Crippen LogP contribution in [0.1, 0.15) is 43.2 Å². The van der Waals surface area contributed by atoms with Crippen molar-refractivity contribution >= 4 is 65.0 Å². The van der Waals surface area contributed by atoms with E-state index in [2.05, 4.69) is 156 Å². The molecule has 0 bridgehead atoms. The summed E-state index contributed by atoms with van der Waals surface area (Å²) in [6.45, 7) is 0. The molecule has 250 valence electrons. The van der Waals surface area contributed by atoms with Gasteiger partial charge in [0.15, 0.2) is 0 Å². The van der Waals surface area contributed by atoms with Crippen LogP contribution in [0.5, 0.6) is 0 Å². The van der Waals surface area contributed by atoms with E-state index >= 15 is 0 Å². The Labute approximate surface area is 307 Å². The minimum absolute atomic E-state index is 0.0831. The third-order valence-corrected chi connectivity index (χ3v) is 12.5. The number of fused-ring (bicyclic) bond motifs is 17. The van der Waals surface area contributed by atoms with Crippen LogP contribution in [0.4, 0.5) is 0 Å². The summed E-state index contributed by atoms with van der Waals surface area (Å²) in [5.74, 6) is 0.724. The first kappa shape index (κ1) is 29.3. The van der Waals surface area contributed by atoms with E-state index in [4.69, 9.17) is 9.97 Å². The molecular weight excluding hydrogens is 643 g/mol. The van der Waals surface area contributed by atoms with Gasteiger partial charge in [-0.05, 0) is 74.2 Å². The lowest BCUT2D eigenvalue weighted by Crippen LogP contribution is -2.28. The van der Waals surface area contributed by atoms with Gasteiger partial charge in [0.25, 0.3) is 0 Å². The second-order valence-electron chi connectivity index (χ2n) is 15.1. The Morgan fingerprint density at radius 2 is 1.15 bits per heavy atom. The molecule has 53 heavy (non-hydrogen) atoms. The van der Waals surface area contributed by atoms with E-state index in [0.29, 0.717) is 0 Å². The lowest BCUT2D eigenvalue weighted by molar-refractivity contribution is 0.354. The van der Waals surface area contributed by atoms with E-state index < -0.39 is 0 Å². The molecule has 0 radical (unpaired) electrons. The van der Waals surface area contributed by atoms with Crippen LogP contribution in [0.15, 0.2) is 152 Å². The topological polar surface area (TPSA) is 30.7 Å². The average Bonchev–Trinajstić information content (AvgIpc) is 3.72. The average molecular weight is 678 g/mol. The van der Waals surface area contributed by atoms with Crippen LogP contribution in [0.3, 0.4) is 0 Å². The van der Waals surface area contributed by atoms with E-state index in [1.165, 1.54) is 84.7 Å². The molecule has 10 aromatic rings. The lowest BCUT2D eigenvalue weighted by Gasteiger charge is -2.36. The van der Waals surface area contributed by atoms with Gasteiger partial charge in [-0.15, -0.1) is 0 Å². The van der Waals surface area contributed by atoms with E-state index in [9.17, 15) is 0 Å². The Morgan fingerprint density at radius 3 is 1.98 bits per heavy atom. The molecule has 0 unspecified atom stereocenters. The molecule has 0 atom stereocenters. The van der Waals surface area contributed by atoms with Crippen molar-refractivity contribution in [2.75, 3.05) is 0 Å². The molecule has 1 fully saturated rings. The highest BCUT2D eigenvalue weighted by molar-refractivity contribution is 6.32. The monoisotopic (exact) mass is 677 g/mol. The maximum atomic E-state index is 5.65. The normalized spacial score (nSPS) is 14.9. The molecule has 0 aliphatic heterocycles. The largest absolute Gasteiger partial charge is 0.278 e. The number of aromatic nitrogens is 3. The summed E-state index contributed by atoms with van der Waals surface area (Å²) in [5, 5.41) is 11.1. The van der Waals surface area contributed by atoms with Gasteiger partial charge in [-0.25, -0.2) is 9.97 Å². The molecule has 1 saturated carbocycles. The van der Waals surface area contributed by atoms with Crippen molar-refractivity contribution in [1.29, 1.82) is 0 Å². The van der Waals surface area contributed by atoms with Crippen molar-refractivity contribution in [2.24, 2.45) is 0 Å². The first-order valence-corrected chi connectivity index (χ1v) is 19.1. The molecular formula is C50H35N3. The lowest BCUT2D eigenvalue weighted by atomic mass is 9.67. The molecule has 0 saturated heterocycles. The van der Waals surface area contributed by atoms with Crippen molar-refractivity contribution in [3.05, 3.63) is 163 Å². The van der Waals surface area contributed by atoms with E-state index in [0.717, 1.165) is 51.9 Å². The third kappa shape index (κ3) is 3.89. The molecule has 8 aromatic carbocycles. The Balaban J connectivity index is 1.36. The van der Waals surface area contributed by atoms with E-state index in [1.54, 1.807) is 0 Å². The summed E-state index contributed by atoms with van der Waals surface area (Å²) in [6.07, 6.45) is 6.02. The fourth-order valence-corrected chi connectivity index (χ4v) is 10.4. The zero-order chi connectivity index (χ0) is 34.7. The second kappa shape index (κ2) is 10.8. The van der Waals surface area contributed by atoms with E-state index in [1.807, 2.05) is 0 Å². The number of hydrogen-bond acceptors (Lipinski definition) is 2. The first-order chi connectivity index (χ1) is 26.3. The van der Waals surface area contributed by atoms with Gasteiger partial charge < -0.3 is 0 Å². The van der Waals surface area contributed by atoms with Crippen molar-refractivity contribution in [3.63, 3.8) is 0 Å². The molecule has 0 N–H and O–H groups in total. The van der Waals surface area contributed by atoms with Crippen LogP contribution < -0.4 is 0 Å². The first-order valence-electron chi connectivity index (χ1n) is 19.1. The van der Waals surface area contributed by atoms with Crippen LogP contribution in [0, 0.1) is 0 Å². The maximum Gasteiger partial charge on any atom is 0.235 e. The molecule has 3 heteroatoms. The molecule has 2 heterocycles. The predicted molar refractivity (Wildman–Crippen MR) is 221 cm³/mol. The zero-order valence-electron chi connectivity index (χ0n) is 29.3. The number of nitrogens with zero attached hydrogens (tertiary/aromatic N) is 3. The van der Waals surface area contributed by atoms with Crippen molar-refractivity contribution < 1.29 is 0 Å². The van der Waals surface area contributed by atoms with Gasteiger partial charge in [0.2, 0.25) is 5.95 Å². The summed E-state index contributed by atoms with van der Waals surface area (Å²) in [6, 6.07) is 55.7. The summed E-state index contributed by atoms with van der Waals surface area (Å²) in [7, 11) is 0. The second-order valence-corrected chi connectivity index (χ2v) is 15.1. The highest BCUT2D eigenvalue weighted by Crippen LogP contribution is 2.61. The highest BCUT2D eigenvalue weighted by Gasteiger charge is 2.47. The van der Waals surface area contributed by atoms with Gasteiger partial charge in [-0.1, -0.05) is 159 Å². The Bertz CT molecular complexity index is 3150. The van der Waals surface area contributed by atoms with Crippen LogP contribution in [0.25, 0.3) is 93.4 Å². The fraction of sp³-hybridized carbons (Fsp3) is 0.120. The molecule has 2 aromatic heterocycles. The molecule has 12 rings (SSSR count). The van der Waals surface area contributed by atoms with E-state index in [-0.39, 0.29) is 5.41 Å². The summed E-state index contributed by atoms with van der Waals surface area (Å²) in [4.78, 5) is 11.3. The predicted octanol–water partition coefficient (Wildman–Crippen LogP) is 13.1. The molecule has 2 aliphatic carbocycles. The van der Waals surface area contributed by atoms with Gasteiger partial charge >= 0.3 is 0 Å². The van der Waals surface area contributed by atoms with Crippen LogP contribution in [0.2, 0.25) is 0 Å². The van der Waals surface area contributed by atoms with Crippen molar-refractivity contribution in [3.8, 4) is 28.3 Å². The van der Waals surface area contributed by atoms with Crippen molar-refractivity contribution in [2.45, 2.75) is 37.5 Å². The number of hydrogen-bond donors (Lipinski definition) is 0. The number of benzene rings is 8. The van der Waals surface area contributed by atoms with Gasteiger partial charge in [0.05, 0.1) is 22.2 Å². The minimum Gasteiger partial charge on any atom is -0.278 e. The zero-order valence-corrected chi connectivity index (χ0v) is 29.3. The molecule has 1 spiro atoms. The van der Waals surface area contributed by atoms with Gasteiger partial charge in [0, 0.05) is 32.5 Å². The molecule has 3 nitrogen and oxygen atoms in total. The third-order valence-electron chi connectivity index (χ3n) is 12.5. The van der Waals surface area contributed by atoms with Crippen LogP contribution >= 0.6 is 0 Å². The van der Waals surface area contributed by atoms with Crippen LogP contribution in [-0.2, 0) is 5.41 Å². The summed E-state index contributed by atoms with van der Waals surface area (Å²) >= 11 is 0. The molecule has 2 aliphatic rings. The molecule has 0 amide bonds. The quantitative estimate of drug-likeness (QED) is 0.171. The summed E-state index contributed by atoms with van der Waals surface area (Å²) < 4.78 is 2.47. The van der Waals surface area contributed by atoms with Gasteiger partial charge in [0.1, 0.15) is 0 Å². The number of rotatable bonds is 2. The standard InChI is InChI=1S/C50H35N3/c1-3-17-33(18-4-1)46-39-27-25-32-16-6-8-20-35(32)47(39)52-49(51-46)53-41-28-26-31-15-5-7-19-34(31)43(41)44-37-22-10-9-21-36(37)42-38-23-11-12-24-40(38)50(45(42)48(44)53)29-13-2-14-30-50/h1,3-12,15-28H,2,13-14,29-30H2. The van der Waals surface area contributed by atoms with Gasteiger partial charge in [-0.3, -0.25) is 4.57 Å². The Kier molecular flexibility index (Phi) is 5.99. The highest BCUT2D eigenvalue weighted by atomic mass is 15.2. The van der Waals surface area contributed by atoms with Crippen LogP contribution in [-0.4, -0.2) is 14.5 Å². The summed E-state index contributed by atoms with van der Waals surface area (Å²) in [5.41, 5.74) is 11.1. The smallest absolute Gasteiger partial charge is 0.235 e.